The molecule has 1 aliphatic rings. The third-order valence-corrected chi connectivity index (χ3v) is 5.81. The van der Waals surface area contributed by atoms with Crippen LogP contribution in [0.5, 0.6) is 0 Å². The predicted octanol–water partition coefficient (Wildman–Crippen LogP) is 0.117. The highest BCUT2D eigenvalue weighted by Gasteiger charge is 2.31. The molecule has 0 aliphatic carbocycles. The van der Waals surface area contributed by atoms with Crippen molar-refractivity contribution in [2.24, 2.45) is 5.73 Å². The lowest BCUT2D eigenvalue weighted by Crippen LogP contribution is -2.51. The Balaban J connectivity index is 0.00000288. The number of nitro groups is 1. The van der Waals surface area contributed by atoms with E-state index < -0.39 is 14.9 Å². The summed E-state index contributed by atoms with van der Waals surface area (Å²) in [5, 5.41) is 10.9. The number of carbonyl (C=O) groups excluding carboxylic acids is 1. The van der Waals surface area contributed by atoms with Gasteiger partial charge in [0.2, 0.25) is 15.9 Å². The summed E-state index contributed by atoms with van der Waals surface area (Å²) in [6.45, 7) is 2.25. The van der Waals surface area contributed by atoms with Crippen LogP contribution in [0.15, 0.2) is 23.1 Å². The van der Waals surface area contributed by atoms with Gasteiger partial charge in [-0.15, -0.1) is 12.4 Å². The molecule has 134 valence electrons. The standard InChI is InChI=1S/C13H18N4O5S.ClH/c1-10-2-3-11(17(19)20)8-12(10)23(21,22)16-6-4-15(5-7-16)13(18)9-14;/h2-3,8H,4-7,9,14H2,1H3;1H. The zero-order valence-electron chi connectivity index (χ0n) is 13.0. The molecule has 1 amide bonds. The van der Waals surface area contributed by atoms with E-state index in [2.05, 4.69) is 0 Å². The van der Waals surface area contributed by atoms with E-state index in [1.165, 1.54) is 21.3 Å². The van der Waals surface area contributed by atoms with Gasteiger partial charge in [0.05, 0.1) is 16.4 Å². The number of nitrogens with two attached hydrogens (primary N) is 1. The number of nitro benzene ring substituents is 1. The lowest BCUT2D eigenvalue weighted by Gasteiger charge is -2.34. The minimum atomic E-state index is -3.84. The van der Waals surface area contributed by atoms with E-state index in [0.29, 0.717) is 5.56 Å². The topological polar surface area (TPSA) is 127 Å². The summed E-state index contributed by atoms with van der Waals surface area (Å²) in [5.74, 6) is -0.228. The minimum absolute atomic E-state index is 0. The zero-order chi connectivity index (χ0) is 17.2. The maximum atomic E-state index is 12.7. The smallest absolute Gasteiger partial charge is 0.270 e. The molecule has 0 unspecified atom stereocenters. The van der Waals surface area contributed by atoms with Gasteiger partial charge in [-0.1, -0.05) is 6.07 Å². The molecule has 1 heterocycles. The van der Waals surface area contributed by atoms with Gasteiger partial charge in [0, 0.05) is 38.3 Å². The van der Waals surface area contributed by atoms with E-state index in [0.717, 1.165) is 6.07 Å². The van der Waals surface area contributed by atoms with E-state index in [4.69, 9.17) is 5.73 Å². The van der Waals surface area contributed by atoms with Crippen molar-refractivity contribution in [2.45, 2.75) is 11.8 Å². The average Bonchev–Trinajstić information content (AvgIpc) is 2.54. The SMILES string of the molecule is Cc1ccc([N+](=O)[O-])cc1S(=O)(=O)N1CCN(C(=O)CN)CC1.Cl. The number of non-ortho nitro benzene ring substituents is 1. The number of benzene rings is 1. The quantitative estimate of drug-likeness (QED) is 0.585. The number of nitrogens with zero attached hydrogens (tertiary/aromatic N) is 3. The second kappa shape index (κ2) is 7.88. The summed E-state index contributed by atoms with van der Waals surface area (Å²) < 4.78 is 26.6. The fourth-order valence-electron chi connectivity index (χ4n) is 2.43. The predicted molar refractivity (Wildman–Crippen MR) is 89.5 cm³/mol. The van der Waals surface area contributed by atoms with Crippen molar-refractivity contribution in [3.63, 3.8) is 0 Å². The van der Waals surface area contributed by atoms with Crippen LogP contribution < -0.4 is 5.73 Å². The maximum Gasteiger partial charge on any atom is 0.270 e. The molecule has 2 rings (SSSR count). The van der Waals surface area contributed by atoms with Gasteiger partial charge in [-0.2, -0.15) is 4.31 Å². The normalized spacial score (nSPS) is 15.7. The summed E-state index contributed by atoms with van der Waals surface area (Å²) >= 11 is 0. The van der Waals surface area contributed by atoms with Crippen LogP contribution in [0.25, 0.3) is 0 Å². The molecule has 11 heteroatoms. The molecule has 24 heavy (non-hydrogen) atoms. The van der Waals surface area contributed by atoms with E-state index in [1.807, 2.05) is 0 Å². The summed E-state index contributed by atoms with van der Waals surface area (Å²) in [6, 6.07) is 3.76. The number of rotatable bonds is 4. The van der Waals surface area contributed by atoms with Crippen LogP contribution in [-0.4, -0.2) is 61.2 Å². The van der Waals surface area contributed by atoms with Gasteiger partial charge in [0.25, 0.3) is 5.69 Å². The van der Waals surface area contributed by atoms with Crippen molar-refractivity contribution in [3.05, 3.63) is 33.9 Å². The molecule has 1 aromatic rings. The Morgan fingerprint density at radius 1 is 1.29 bits per heavy atom. The number of amides is 1. The first kappa shape index (κ1) is 20.3. The molecule has 1 aromatic carbocycles. The van der Waals surface area contributed by atoms with Crippen molar-refractivity contribution in [1.82, 2.24) is 9.21 Å². The Kier molecular flexibility index (Phi) is 6.67. The first-order valence-corrected chi connectivity index (χ1v) is 8.44. The van der Waals surface area contributed by atoms with Crippen molar-refractivity contribution >= 4 is 34.0 Å². The Morgan fingerprint density at radius 2 is 1.88 bits per heavy atom. The number of halogens is 1. The number of carbonyl (C=O) groups is 1. The molecule has 9 nitrogen and oxygen atoms in total. The van der Waals surface area contributed by atoms with Gasteiger partial charge < -0.3 is 10.6 Å². The van der Waals surface area contributed by atoms with Gasteiger partial charge in [-0.05, 0) is 12.5 Å². The van der Waals surface area contributed by atoms with E-state index in [9.17, 15) is 23.3 Å². The molecule has 2 N–H and O–H groups in total. The van der Waals surface area contributed by atoms with Crippen LogP contribution >= 0.6 is 12.4 Å². The van der Waals surface area contributed by atoms with Gasteiger partial charge in [-0.25, -0.2) is 8.42 Å². The first-order chi connectivity index (χ1) is 10.8. The fraction of sp³-hybridized carbons (Fsp3) is 0.462. The van der Waals surface area contributed by atoms with Crippen LogP contribution in [-0.2, 0) is 14.8 Å². The van der Waals surface area contributed by atoms with Crippen LogP contribution in [0, 0.1) is 17.0 Å². The molecule has 1 aliphatic heterocycles. The Hall–Kier alpha value is -1.75. The molecule has 0 aromatic heterocycles. The van der Waals surface area contributed by atoms with Crippen molar-refractivity contribution in [3.8, 4) is 0 Å². The monoisotopic (exact) mass is 378 g/mol. The fourth-order valence-corrected chi connectivity index (χ4v) is 4.09. The first-order valence-electron chi connectivity index (χ1n) is 7.00. The highest BCUT2D eigenvalue weighted by molar-refractivity contribution is 7.89. The van der Waals surface area contributed by atoms with Crippen LogP contribution in [0.1, 0.15) is 5.56 Å². The number of hydrogen-bond donors (Lipinski definition) is 1. The molecular weight excluding hydrogens is 360 g/mol. The second-order valence-corrected chi connectivity index (χ2v) is 7.10. The van der Waals surface area contributed by atoms with Crippen molar-refractivity contribution in [1.29, 1.82) is 0 Å². The van der Waals surface area contributed by atoms with E-state index in [-0.39, 0.29) is 61.6 Å². The summed E-state index contributed by atoms with van der Waals surface area (Å²) in [7, 11) is -3.84. The largest absolute Gasteiger partial charge is 0.339 e. The Bertz CT molecular complexity index is 732. The van der Waals surface area contributed by atoms with Crippen molar-refractivity contribution in [2.75, 3.05) is 32.7 Å². The second-order valence-electron chi connectivity index (χ2n) is 5.20. The van der Waals surface area contributed by atoms with Gasteiger partial charge in [0.15, 0.2) is 0 Å². The number of aryl methyl sites for hydroxylation is 1. The lowest BCUT2D eigenvalue weighted by atomic mass is 10.2. The van der Waals surface area contributed by atoms with E-state index >= 15 is 0 Å². The summed E-state index contributed by atoms with van der Waals surface area (Å²) in [5.41, 5.74) is 5.46. The summed E-state index contributed by atoms with van der Waals surface area (Å²) in [4.78, 5) is 23.2. The lowest BCUT2D eigenvalue weighted by molar-refractivity contribution is -0.385. The Labute approximate surface area is 146 Å². The maximum absolute atomic E-state index is 12.7. The molecule has 0 spiro atoms. The number of sulfonamides is 1. The zero-order valence-corrected chi connectivity index (χ0v) is 14.7. The third kappa shape index (κ3) is 4.01. The van der Waals surface area contributed by atoms with Crippen molar-refractivity contribution < 1.29 is 18.1 Å². The average molecular weight is 379 g/mol. The van der Waals surface area contributed by atoms with Gasteiger partial charge in [0.1, 0.15) is 0 Å². The molecule has 0 radical (unpaired) electrons. The number of piperazine rings is 1. The summed E-state index contributed by atoms with van der Waals surface area (Å²) in [6.07, 6.45) is 0. The molecule has 0 bridgehead atoms. The highest BCUT2D eigenvalue weighted by Crippen LogP contribution is 2.25. The molecule has 1 saturated heterocycles. The van der Waals surface area contributed by atoms with E-state index in [1.54, 1.807) is 6.92 Å². The van der Waals surface area contributed by atoms with Gasteiger partial charge >= 0.3 is 0 Å². The highest BCUT2D eigenvalue weighted by atomic mass is 35.5. The molecule has 0 atom stereocenters. The van der Waals surface area contributed by atoms with Crippen LogP contribution in [0.4, 0.5) is 5.69 Å². The van der Waals surface area contributed by atoms with Gasteiger partial charge in [-0.3, -0.25) is 14.9 Å². The number of hydrogen-bond acceptors (Lipinski definition) is 6. The molecule has 0 saturated carbocycles. The van der Waals surface area contributed by atoms with Crippen LogP contribution in [0.2, 0.25) is 0 Å². The third-order valence-electron chi connectivity index (χ3n) is 3.77. The minimum Gasteiger partial charge on any atom is -0.339 e. The molecular formula is C13H19ClN4O5S. The molecule has 1 fully saturated rings. The van der Waals surface area contributed by atoms with Crippen LogP contribution in [0.3, 0.4) is 0 Å². The Morgan fingerprint density at radius 3 is 2.38 bits per heavy atom.